The number of fused-ring (bicyclic) bond motifs is 2. The molecule has 1 heterocycles. The molecule has 6 rings (SSSR count). The maximum Gasteiger partial charge on any atom is 0.0723 e. The second kappa shape index (κ2) is 11.3. The Labute approximate surface area is 224 Å². The number of nitrogens with two attached hydrogens (primary N) is 2. The highest BCUT2D eigenvalue weighted by Crippen LogP contribution is 2.70. The van der Waals surface area contributed by atoms with Crippen LogP contribution in [-0.2, 0) is 0 Å². The largest absolute Gasteiger partial charge is 0.388 e. The van der Waals surface area contributed by atoms with E-state index in [4.69, 9.17) is 10.9 Å². The normalized spacial score (nSPS) is 20.2. The van der Waals surface area contributed by atoms with Crippen LogP contribution >= 0.6 is 11.9 Å². The Morgan fingerprint density at radius 3 is 2.11 bits per heavy atom. The molecule has 1 aromatic heterocycles. The van der Waals surface area contributed by atoms with Crippen LogP contribution in [0, 0.1) is 6.92 Å². The highest BCUT2D eigenvalue weighted by molar-refractivity contribution is 7.96. The van der Waals surface area contributed by atoms with E-state index in [1.54, 1.807) is 0 Å². The molecule has 0 saturated heterocycles. The molecule has 2 aliphatic carbocycles. The summed E-state index contributed by atoms with van der Waals surface area (Å²) in [5.41, 5.74) is 14.2. The van der Waals surface area contributed by atoms with Crippen molar-refractivity contribution in [2.45, 2.75) is 30.8 Å². The summed E-state index contributed by atoms with van der Waals surface area (Å²) in [4.78, 5) is 4.40. The molecule has 0 bridgehead atoms. The molecule has 0 spiro atoms. The van der Waals surface area contributed by atoms with E-state index < -0.39 is 0 Å². The van der Waals surface area contributed by atoms with Crippen LogP contribution in [0.15, 0.2) is 85.6 Å². The fraction of sp³-hybridized carbons (Fsp3) is 0.233. The molecule has 7 N–H and O–H groups in total. The minimum Gasteiger partial charge on any atom is -0.388 e. The van der Waals surface area contributed by atoms with Crippen molar-refractivity contribution in [3.63, 3.8) is 0 Å². The molecule has 0 atom stereocenters. The van der Waals surface area contributed by atoms with Crippen molar-refractivity contribution >= 4 is 51.7 Å². The molecule has 2 saturated carbocycles. The van der Waals surface area contributed by atoms with E-state index >= 15 is 0 Å². The smallest absolute Gasteiger partial charge is 0.0723 e. The second-order valence-corrected chi connectivity index (χ2v) is 10.1. The lowest BCUT2D eigenvalue weighted by atomic mass is 10.1. The average molecular weight is 513 g/mol. The van der Waals surface area contributed by atoms with Crippen molar-refractivity contribution in [1.82, 2.24) is 4.98 Å². The first-order valence-corrected chi connectivity index (χ1v) is 13.6. The molecule has 0 aliphatic heterocycles. The summed E-state index contributed by atoms with van der Waals surface area (Å²) in [6.45, 7) is 5.86. The van der Waals surface area contributed by atoms with Gasteiger partial charge in [0.15, 0.2) is 0 Å². The van der Waals surface area contributed by atoms with Crippen LogP contribution in [0.5, 0.6) is 0 Å². The Hall–Kier alpha value is -3.52. The fourth-order valence-corrected chi connectivity index (χ4v) is 4.37. The average Bonchev–Trinajstić information content (AvgIpc) is 3.69. The zero-order valence-electron chi connectivity index (χ0n) is 21.7. The Bertz CT molecular complexity index is 1350. The van der Waals surface area contributed by atoms with E-state index in [2.05, 4.69) is 89.0 Å². The molecule has 0 amide bonds. The number of aromatic nitrogens is 1. The number of aryl methyl sites for hydroxylation is 1. The van der Waals surface area contributed by atoms with E-state index in [1.807, 2.05) is 43.8 Å². The van der Waals surface area contributed by atoms with Gasteiger partial charge in [-0.3, -0.25) is 10.1 Å². The summed E-state index contributed by atoms with van der Waals surface area (Å²) in [5.74, 6) is 0. The Kier molecular flexibility index (Phi) is 8.07. The number of nitrogens with one attached hydrogen (secondary N) is 3. The van der Waals surface area contributed by atoms with Gasteiger partial charge in [-0.25, -0.2) is 0 Å². The Morgan fingerprint density at radius 1 is 0.946 bits per heavy atom. The summed E-state index contributed by atoms with van der Waals surface area (Å²) in [6.07, 6.45) is 7.76. The predicted molar refractivity (Wildman–Crippen MR) is 162 cm³/mol. The third kappa shape index (κ3) is 6.25. The summed E-state index contributed by atoms with van der Waals surface area (Å²) < 4.78 is 0. The van der Waals surface area contributed by atoms with E-state index in [-0.39, 0.29) is 11.1 Å². The molecular weight excluding hydrogens is 476 g/mol. The fourth-order valence-electron chi connectivity index (χ4n) is 4.37. The molecule has 2 fully saturated rings. The highest BCUT2D eigenvalue weighted by atomic mass is 32.2. The van der Waals surface area contributed by atoms with Gasteiger partial charge in [0.2, 0.25) is 0 Å². The third-order valence-corrected chi connectivity index (χ3v) is 6.82. The molecule has 192 valence electrons. The minimum atomic E-state index is 0.134. The lowest BCUT2D eigenvalue weighted by Crippen LogP contribution is -2.12. The second-order valence-electron chi connectivity index (χ2n) is 9.61. The number of anilines is 4. The van der Waals surface area contributed by atoms with E-state index in [9.17, 15) is 0 Å². The van der Waals surface area contributed by atoms with Crippen molar-refractivity contribution in [2.75, 3.05) is 29.3 Å². The van der Waals surface area contributed by atoms with Crippen LogP contribution in [0.3, 0.4) is 0 Å². The van der Waals surface area contributed by atoms with Gasteiger partial charge in [-0.15, -0.1) is 0 Å². The number of pyridine rings is 1. The zero-order chi connectivity index (χ0) is 26.5. The highest BCUT2D eigenvalue weighted by Gasteiger charge is 2.81. The summed E-state index contributed by atoms with van der Waals surface area (Å²) in [7, 11) is 1.92. The van der Waals surface area contributed by atoms with Gasteiger partial charge in [0.25, 0.3) is 0 Å². The van der Waals surface area contributed by atoms with Crippen molar-refractivity contribution in [3.8, 4) is 0 Å². The Balaban J connectivity index is 0.000000164. The summed E-state index contributed by atoms with van der Waals surface area (Å²) >= 11 is 1.25. The van der Waals surface area contributed by atoms with Gasteiger partial charge < -0.3 is 21.7 Å². The van der Waals surface area contributed by atoms with Crippen LogP contribution in [0.25, 0.3) is 17.0 Å². The number of rotatable bonds is 6. The van der Waals surface area contributed by atoms with Gasteiger partial charge in [0.1, 0.15) is 0 Å². The minimum absolute atomic E-state index is 0.134. The molecule has 0 radical (unpaired) electrons. The first kappa shape index (κ1) is 26.5. The molecule has 3 aromatic carbocycles. The maximum atomic E-state index is 6.00. The van der Waals surface area contributed by atoms with Gasteiger partial charge in [0.05, 0.1) is 11.1 Å². The van der Waals surface area contributed by atoms with Gasteiger partial charge in [0, 0.05) is 46.9 Å². The lowest BCUT2D eigenvalue weighted by molar-refractivity contribution is 0.784. The quantitative estimate of drug-likeness (QED) is 0.187. The third-order valence-electron chi connectivity index (χ3n) is 6.82. The van der Waals surface area contributed by atoms with Crippen LogP contribution < -0.4 is 26.8 Å². The number of benzene rings is 3. The van der Waals surface area contributed by atoms with Crippen LogP contribution in [0.2, 0.25) is 0 Å². The Morgan fingerprint density at radius 2 is 1.54 bits per heavy atom. The van der Waals surface area contributed by atoms with Crippen molar-refractivity contribution < 1.29 is 0 Å². The topological polar surface area (TPSA) is 101 Å². The van der Waals surface area contributed by atoms with Crippen LogP contribution in [0.1, 0.15) is 24.0 Å². The maximum absolute atomic E-state index is 6.00. The summed E-state index contributed by atoms with van der Waals surface area (Å²) in [6, 6.07) is 24.8. The predicted octanol–water partition coefficient (Wildman–Crippen LogP) is 6.54. The van der Waals surface area contributed by atoms with Gasteiger partial charge in [-0.1, -0.05) is 48.4 Å². The van der Waals surface area contributed by atoms with Crippen LogP contribution in [-0.4, -0.2) is 29.4 Å². The number of hydrogen-bond donors (Lipinski definition) is 5. The first-order chi connectivity index (χ1) is 17.8. The summed E-state index contributed by atoms with van der Waals surface area (Å²) in [5, 5.41) is 16.0. The SMILES string of the molecule is C=Cc1ccc(Nc2ccnc3ccc(C)cc23)cc1.CNc1ccc(NC23CC2(N)C3)cc1.CSN. The van der Waals surface area contributed by atoms with E-state index in [1.165, 1.54) is 23.2 Å². The number of hydrogen-bond acceptors (Lipinski definition) is 7. The van der Waals surface area contributed by atoms with Crippen molar-refractivity contribution in [3.05, 3.63) is 96.7 Å². The molecule has 0 unspecified atom stereocenters. The lowest BCUT2D eigenvalue weighted by Gasteiger charge is -2.10. The molecule has 2 aliphatic rings. The van der Waals surface area contributed by atoms with E-state index in [0.717, 1.165) is 46.4 Å². The van der Waals surface area contributed by atoms with Crippen molar-refractivity contribution in [1.29, 1.82) is 0 Å². The molecule has 37 heavy (non-hydrogen) atoms. The van der Waals surface area contributed by atoms with E-state index in [0.29, 0.717) is 0 Å². The van der Waals surface area contributed by atoms with Gasteiger partial charge in [-0.05, 0) is 86.2 Å². The zero-order valence-corrected chi connectivity index (χ0v) is 22.5. The number of nitrogens with zero attached hydrogens (tertiary/aromatic N) is 1. The molecule has 7 heteroatoms. The standard InChI is InChI=1S/C18H16N2.C11H15N3.CH5NS/c1-3-14-5-7-15(8-6-14)20-18-10-11-19-17-9-4-13(2)12-16(17)18;1-13-8-2-4-9(5-3-8)14-11-6-10(11,12)7-11;1-3-2/h3-12H,1H2,2H3,(H,19,20);2-5,13-14H,6-7,12H2,1H3;2H2,1H3. The monoisotopic (exact) mass is 512 g/mol. The molecule has 4 aromatic rings. The molecule has 6 nitrogen and oxygen atoms in total. The van der Waals surface area contributed by atoms with Gasteiger partial charge >= 0.3 is 0 Å². The molecular formula is C30H36N6S. The van der Waals surface area contributed by atoms with Crippen LogP contribution in [0.4, 0.5) is 22.7 Å². The van der Waals surface area contributed by atoms with Gasteiger partial charge in [-0.2, -0.15) is 0 Å². The van der Waals surface area contributed by atoms with Crippen molar-refractivity contribution in [2.24, 2.45) is 10.9 Å². The first-order valence-electron chi connectivity index (χ1n) is 12.3.